The maximum atomic E-state index is 11.6. The second-order valence-electron chi connectivity index (χ2n) is 4.65. The zero-order valence-corrected chi connectivity index (χ0v) is 11.1. The van der Waals surface area contributed by atoms with E-state index < -0.39 is 0 Å². The van der Waals surface area contributed by atoms with Crippen molar-refractivity contribution in [2.45, 2.75) is 44.6 Å². The maximum absolute atomic E-state index is 11.6. The molecule has 2 amide bonds. The number of hydrogen-bond acceptors (Lipinski definition) is 3. The predicted molar refractivity (Wildman–Crippen MR) is 68.9 cm³/mol. The Bertz CT molecular complexity index is 265. The minimum atomic E-state index is -0.302. The van der Waals surface area contributed by atoms with Crippen LogP contribution in [0.2, 0.25) is 0 Å². The molecule has 0 bridgehead atoms. The van der Waals surface area contributed by atoms with Crippen LogP contribution in [0, 0.1) is 0 Å². The summed E-state index contributed by atoms with van der Waals surface area (Å²) in [4.78, 5) is 22.4. The van der Waals surface area contributed by atoms with Crippen LogP contribution in [0.5, 0.6) is 0 Å². The van der Waals surface area contributed by atoms with E-state index in [4.69, 9.17) is 5.73 Å². The smallest absolute Gasteiger partial charge is 0.239 e. The summed E-state index contributed by atoms with van der Waals surface area (Å²) in [7, 11) is 0. The van der Waals surface area contributed by atoms with Crippen molar-refractivity contribution in [2.75, 3.05) is 13.1 Å². The Morgan fingerprint density at radius 1 is 1.18 bits per heavy atom. The van der Waals surface area contributed by atoms with Gasteiger partial charge in [0.25, 0.3) is 0 Å². The lowest BCUT2D eigenvalue weighted by Crippen LogP contribution is -2.50. The molecule has 1 rings (SSSR count). The summed E-state index contributed by atoms with van der Waals surface area (Å²) in [5, 5.41) is 5.44. The van der Waals surface area contributed by atoms with Crippen LogP contribution in [-0.4, -0.2) is 30.4 Å². The Labute approximate surface area is 108 Å². The van der Waals surface area contributed by atoms with Crippen LogP contribution in [0.15, 0.2) is 0 Å². The minimum Gasteiger partial charge on any atom is -0.349 e. The third-order valence-corrected chi connectivity index (χ3v) is 3.03. The number of carbonyl (C=O) groups excluding carboxylic acids is 2. The molecule has 4 N–H and O–H groups in total. The van der Waals surface area contributed by atoms with Crippen molar-refractivity contribution in [2.24, 2.45) is 5.73 Å². The molecule has 0 aromatic carbocycles. The van der Waals surface area contributed by atoms with E-state index in [1.54, 1.807) is 0 Å². The number of hydrogen-bond donors (Lipinski definition) is 3. The SMILES string of the molecule is CC1(NC(=O)CNC(=O)CN)CCCCC1.Cl. The van der Waals surface area contributed by atoms with E-state index in [0.717, 1.165) is 25.7 Å². The first kappa shape index (κ1) is 16.2. The van der Waals surface area contributed by atoms with Crippen molar-refractivity contribution >= 4 is 24.2 Å². The highest BCUT2D eigenvalue weighted by Crippen LogP contribution is 2.27. The fraction of sp³-hybridized carbons (Fsp3) is 0.818. The van der Waals surface area contributed by atoms with Gasteiger partial charge in [-0.2, -0.15) is 0 Å². The lowest BCUT2D eigenvalue weighted by Gasteiger charge is -2.34. The molecular weight excluding hydrogens is 242 g/mol. The van der Waals surface area contributed by atoms with E-state index in [0.29, 0.717) is 0 Å². The van der Waals surface area contributed by atoms with Gasteiger partial charge in [0, 0.05) is 5.54 Å². The second kappa shape index (κ2) is 7.50. The second-order valence-corrected chi connectivity index (χ2v) is 4.65. The van der Waals surface area contributed by atoms with Gasteiger partial charge in [0.1, 0.15) is 0 Å². The van der Waals surface area contributed by atoms with E-state index >= 15 is 0 Å². The van der Waals surface area contributed by atoms with Gasteiger partial charge in [-0.3, -0.25) is 9.59 Å². The highest BCUT2D eigenvalue weighted by molar-refractivity contribution is 5.86. The molecule has 0 aromatic rings. The van der Waals surface area contributed by atoms with Crippen LogP contribution >= 0.6 is 12.4 Å². The molecule has 6 heteroatoms. The average molecular weight is 264 g/mol. The first-order valence-corrected chi connectivity index (χ1v) is 5.83. The normalized spacial score (nSPS) is 17.8. The molecule has 0 aromatic heterocycles. The summed E-state index contributed by atoms with van der Waals surface area (Å²) in [5.41, 5.74) is 5.03. The highest BCUT2D eigenvalue weighted by atomic mass is 35.5. The minimum absolute atomic E-state index is 0. The van der Waals surface area contributed by atoms with E-state index in [1.165, 1.54) is 6.42 Å². The van der Waals surface area contributed by atoms with Gasteiger partial charge in [0.15, 0.2) is 0 Å². The molecule has 5 nitrogen and oxygen atoms in total. The molecule has 1 aliphatic carbocycles. The van der Waals surface area contributed by atoms with Crippen LogP contribution in [-0.2, 0) is 9.59 Å². The largest absolute Gasteiger partial charge is 0.349 e. The average Bonchev–Trinajstić information content (AvgIpc) is 2.26. The molecule has 1 aliphatic rings. The van der Waals surface area contributed by atoms with Crippen molar-refractivity contribution in [3.63, 3.8) is 0 Å². The molecule has 0 radical (unpaired) electrons. The Hall–Kier alpha value is -0.810. The third-order valence-electron chi connectivity index (χ3n) is 3.03. The molecule has 1 saturated carbocycles. The quantitative estimate of drug-likeness (QED) is 0.683. The maximum Gasteiger partial charge on any atom is 0.239 e. The number of nitrogens with one attached hydrogen (secondary N) is 2. The molecule has 17 heavy (non-hydrogen) atoms. The van der Waals surface area contributed by atoms with Gasteiger partial charge in [-0.05, 0) is 19.8 Å². The summed E-state index contributed by atoms with van der Waals surface area (Å²) in [6.07, 6.45) is 5.60. The van der Waals surface area contributed by atoms with Crippen LogP contribution < -0.4 is 16.4 Å². The molecule has 0 spiro atoms. The topological polar surface area (TPSA) is 84.2 Å². The first-order valence-electron chi connectivity index (χ1n) is 5.83. The lowest BCUT2D eigenvalue weighted by molar-refractivity contribution is -0.126. The monoisotopic (exact) mass is 263 g/mol. The predicted octanol–water partition coefficient (Wildman–Crippen LogP) is 0.322. The molecule has 0 saturated heterocycles. The van der Waals surface area contributed by atoms with Gasteiger partial charge in [0.05, 0.1) is 13.1 Å². The fourth-order valence-corrected chi connectivity index (χ4v) is 2.09. The number of nitrogens with two attached hydrogens (primary N) is 1. The molecule has 100 valence electrons. The molecule has 0 heterocycles. The summed E-state index contributed by atoms with van der Waals surface area (Å²) in [6, 6.07) is 0. The molecule has 0 unspecified atom stereocenters. The van der Waals surface area contributed by atoms with Crippen molar-refractivity contribution in [3.8, 4) is 0 Å². The van der Waals surface area contributed by atoms with Crippen molar-refractivity contribution < 1.29 is 9.59 Å². The Kier molecular flexibility index (Phi) is 7.15. The van der Waals surface area contributed by atoms with E-state index in [2.05, 4.69) is 17.6 Å². The zero-order chi connectivity index (χ0) is 12.0. The van der Waals surface area contributed by atoms with Gasteiger partial charge in [-0.15, -0.1) is 12.4 Å². The van der Waals surface area contributed by atoms with E-state index in [1.807, 2.05) is 0 Å². The zero-order valence-electron chi connectivity index (χ0n) is 10.3. The Balaban J connectivity index is 0.00000256. The Morgan fingerprint density at radius 3 is 2.29 bits per heavy atom. The number of rotatable bonds is 4. The summed E-state index contributed by atoms with van der Waals surface area (Å²) in [5.74, 6) is -0.435. The van der Waals surface area contributed by atoms with Crippen LogP contribution in [0.3, 0.4) is 0 Å². The van der Waals surface area contributed by atoms with Gasteiger partial charge in [0.2, 0.25) is 11.8 Å². The van der Waals surface area contributed by atoms with Crippen LogP contribution in [0.25, 0.3) is 0 Å². The summed E-state index contributed by atoms with van der Waals surface area (Å²) >= 11 is 0. The van der Waals surface area contributed by atoms with E-state index in [9.17, 15) is 9.59 Å². The van der Waals surface area contributed by atoms with Crippen molar-refractivity contribution in [3.05, 3.63) is 0 Å². The molecule has 0 atom stereocenters. The third kappa shape index (κ3) is 5.89. The standard InChI is InChI=1S/C11H21N3O2.ClH/c1-11(5-3-2-4-6-11)14-10(16)8-13-9(15)7-12;/h2-8,12H2,1H3,(H,13,15)(H,14,16);1H. The number of amides is 2. The number of halogens is 1. The molecule has 0 aliphatic heterocycles. The van der Waals surface area contributed by atoms with Gasteiger partial charge in [-0.1, -0.05) is 19.3 Å². The Morgan fingerprint density at radius 2 is 1.76 bits per heavy atom. The van der Waals surface area contributed by atoms with Gasteiger partial charge < -0.3 is 16.4 Å². The van der Waals surface area contributed by atoms with Crippen LogP contribution in [0.4, 0.5) is 0 Å². The summed E-state index contributed by atoms with van der Waals surface area (Å²) < 4.78 is 0. The van der Waals surface area contributed by atoms with Gasteiger partial charge in [-0.25, -0.2) is 0 Å². The van der Waals surface area contributed by atoms with Crippen molar-refractivity contribution in [1.29, 1.82) is 0 Å². The lowest BCUT2D eigenvalue weighted by atomic mass is 9.83. The van der Waals surface area contributed by atoms with Crippen LogP contribution in [0.1, 0.15) is 39.0 Å². The molecule has 1 fully saturated rings. The first-order chi connectivity index (χ1) is 7.56. The number of carbonyl (C=O) groups is 2. The molecular formula is C11H22ClN3O2. The highest BCUT2D eigenvalue weighted by Gasteiger charge is 2.28. The van der Waals surface area contributed by atoms with Gasteiger partial charge >= 0.3 is 0 Å². The fourth-order valence-electron chi connectivity index (χ4n) is 2.09. The summed E-state index contributed by atoms with van der Waals surface area (Å²) in [6.45, 7) is 2.00. The van der Waals surface area contributed by atoms with E-state index in [-0.39, 0.29) is 42.8 Å². The van der Waals surface area contributed by atoms with Crippen molar-refractivity contribution in [1.82, 2.24) is 10.6 Å².